The van der Waals surface area contributed by atoms with Gasteiger partial charge in [0, 0.05) is 41.5 Å². The second-order valence-electron chi connectivity index (χ2n) is 6.46. The average molecular weight is 308 g/mol. The van der Waals surface area contributed by atoms with Crippen molar-refractivity contribution in [3.63, 3.8) is 0 Å². The number of hydrogen-bond donors (Lipinski definition) is 0. The minimum atomic E-state index is -0.489. The number of pyridine rings is 2. The van der Waals surface area contributed by atoms with E-state index in [-0.39, 0.29) is 0 Å². The summed E-state index contributed by atoms with van der Waals surface area (Å²) in [5.74, 6) is -0.0614. The van der Waals surface area contributed by atoms with Crippen LogP contribution >= 0.6 is 0 Å². The van der Waals surface area contributed by atoms with Gasteiger partial charge in [-0.2, -0.15) is 9.65 Å². The molecule has 2 aliphatic heterocycles. The van der Waals surface area contributed by atoms with Crippen molar-refractivity contribution in [3.05, 3.63) is 47.8 Å². The molecule has 2 aromatic rings. The predicted molar refractivity (Wildman–Crippen MR) is 84.1 cm³/mol. The van der Waals surface area contributed by atoms with Gasteiger partial charge in [0.1, 0.15) is 11.8 Å². The summed E-state index contributed by atoms with van der Waals surface area (Å²) in [6.45, 7) is 0. The average Bonchev–Trinajstić information content (AvgIpc) is 3.10. The van der Waals surface area contributed by atoms with Gasteiger partial charge in [-0.05, 0) is 50.1 Å². The summed E-state index contributed by atoms with van der Waals surface area (Å²) >= 11 is 0. The standard InChI is InChI=1S/C18H17FN4/c1-23-14-4-5-17(23)15(7-14)12-6-16(18(19)22-10-12)11-2-3-13(8-20)21-9-11/h2-3,6,9-10,14-15,17H,4-5,7H2,1H3/t14-,15+,17+/m1/s1. The second-order valence-corrected chi connectivity index (χ2v) is 6.46. The normalized spacial score (nSPS) is 26.4. The molecule has 0 unspecified atom stereocenters. The number of hydrogen-bond acceptors (Lipinski definition) is 4. The van der Waals surface area contributed by atoms with Gasteiger partial charge in [0.2, 0.25) is 5.95 Å². The molecule has 0 amide bonds. The first-order valence-corrected chi connectivity index (χ1v) is 7.91. The van der Waals surface area contributed by atoms with Crippen LogP contribution < -0.4 is 0 Å². The molecule has 0 spiro atoms. The molecule has 2 bridgehead atoms. The zero-order valence-electron chi connectivity index (χ0n) is 12.9. The van der Waals surface area contributed by atoms with Crippen LogP contribution in [-0.4, -0.2) is 34.0 Å². The summed E-state index contributed by atoms with van der Waals surface area (Å²) in [5.41, 5.74) is 2.55. The fraction of sp³-hybridized carbons (Fsp3) is 0.389. The highest BCUT2D eigenvalue weighted by Gasteiger charge is 2.44. The zero-order chi connectivity index (χ0) is 16.0. The SMILES string of the molecule is CN1[C@@H]2CC[C@H]1[C@H](c1cnc(F)c(-c3ccc(C#N)nc3)c1)C2. The molecular formula is C18H17FN4. The maximum Gasteiger partial charge on any atom is 0.220 e. The number of nitriles is 1. The summed E-state index contributed by atoms with van der Waals surface area (Å²) in [5, 5.41) is 8.82. The molecule has 4 rings (SSSR count). The van der Waals surface area contributed by atoms with Crippen molar-refractivity contribution in [2.45, 2.75) is 37.3 Å². The Hall–Kier alpha value is -2.32. The fourth-order valence-electron chi connectivity index (χ4n) is 4.11. The van der Waals surface area contributed by atoms with Crippen LogP contribution in [0.15, 0.2) is 30.6 Å². The third-order valence-corrected chi connectivity index (χ3v) is 5.36. The molecule has 0 radical (unpaired) electrons. The molecule has 0 saturated carbocycles. The smallest absolute Gasteiger partial charge is 0.220 e. The summed E-state index contributed by atoms with van der Waals surface area (Å²) in [6.07, 6.45) is 6.81. The van der Waals surface area contributed by atoms with E-state index in [2.05, 4.69) is 21.9 Å². The minimum Gasteiger partial charge on any atom is -0.300 e. The molecule has 2 aromatic heterocycles. The van der Waals surface area contributed by atoms with Gasteiger partial charge in [-0.3, -0.25) is 4.90 Å². The highest BCUT2D eigenvalue weighted by Crippen LogP contribution is 2.46. The Morgan fingerprint density at radius 2 is 2.13 bits per heavy atom. The molecule has 0 aromatic carbocycles. The molecule has 0 N–H and O–H groups in total. The first-order valence-electron chi connectivity index (χ1n) is 7.91. The maximum absolute atomic E-state index is 14.2. The van der Waals surface area contributed by atoms with Crippen molar-refractivity contribution in [1.29, 1.82) is 5.26 Å². The van der Waals surface area contributed by atoms with Gasteiger partial charge < -0.3 is 0 Å². The van der Waals surface area contributed by atoms with Crippen LogP contribution in [0.4, 0.5) is 4.39 Å². The third kappa shape index (κ3) is 2.30. The Balaban J connectivity index is 1.70. The summed E-state index contributed by atoms with van der Waals surface area (Å²) in [6, 6.07) is 8.40. The van der Waals surface area contributed by atoms with Crippen molar-refractivity contribution in [3.8, 4) is 17.2 Å². The Bertz CT molecular complexity index is 781. The van der Waals surface area contributed by atoms with Crippen LogP contribution in [0.2, 0.25) is 0 Å². The number of rotatable bonds is 2. The Morgan fingerprint density at radius 1 is 1.26 bits per heavy atom. The highest BCUT2D eigenvalue weighted by atomic mass is 19.1. The predicted octanol–water partition coefficient (Wildman–Crippen LogP) is 3.10. The van der Waals surface area contributed by atoms with Crippen molar-refractivity contribution >= 4 is 0 Å². The van der Waals surface area contributed by atoms with E-state index in [1.165, 1.54) is 19.0 Å². The van der Waals surface area contributed by atoms with Crippen molar-refractivity contribution in [2.75, 3.05) is 7.05 Å². The first kappa shape index (κ1) is 14.3. The monoisotopic (exact) mass is 308 g/mol. The molecule has 23 heavy (non-hydrogen) atoms. The number of halogens is 1. The number of aromatic nitrogens is 2. The lowest BCUT2D eigenvalue weighted by Crippen LogP contribution is -2.25. The van der Waals surface area contributed by atoms with Gasteiger partial charge in [0.05, 0.1) is 0 Å². The lowest BCUT2D eigenvalue weighted by Gasteiger charge is -2.22. The molecule has 3 atom stereocenters. The van der Waals surface area contributed by atoms with Crippen LogP contribution in [0, 0.1) is 17.3 Å². The van der Waals surface area contributed by atoms with Crippen LogP contribution in [0.25, 0.3) is 11.1 Å². The van der Waals surface area contributed by atoms with Crippen LogP contribution in [0.1, 0.15) is 36.4 Å². The summed E-state index contributed by atoms with van der Waals surface area (Å²) in [7, 11) is 2.19. The van der Waals surface area contributed by atoms with Crippen LogP contribution in [0.3, 0.4) is 0 Å². The van der Waals surface area contributed by atoms with E-state index >= 15 is 0 Å². The Morgan fingerprint density at radius 3 is 2.74 bits per heavy atom. The number of likely N-dealkylation sites (N-methyl/N-ethyl adjacent to an activating group) is 1. The van der Waals surface area contributed by atoms with Crippen molar-refractivity contribution in [1.82, 2.24) is 14.9 Å². The summed E-state index contributed by atoms with van der Waals surface area (Å²) < 4.78 is 14.2. The first-order chi connectivity index (χ1) is 11.2. The molecule has 0 aliphatic carbocycles. The van der Waals surface area contributed by atoms with Gasteiger partial charge in [-0.15, -0.1) is 0 Å². The van der Waals surface area contributed by atoms with Gasteiger partial charge in [-0.25, -0.2) is 9.97 Å². The Kier molecular flexibility index (Phi) is 3.35. The molecule has 2 fully saturated rings. The van der Waals surface area contributed by atoms with Gasteiger partial charge >= 0.3 is 0 Å². The molecule has 2 saturated heterocycles. The number of fused-ring (bicyclic) bond motifs is 2. The van der Waals surface area contributed by atoms with E-state index in [1.807, 2.05) is 12.1 Å². The van der Waals surface area contributed by atoms with E-state index < -0.39 is 5.95 Å². The van der Waals surface area contributed by atoms with E-state index in [9.17, 15) is 4.39 Å². The van der Waals surface area contributed by atoms with Gasteiger partial charge in [-0.1, -0.05) is 0 Å². The Labute approximate surface area is 134 Å². The second kappa shape index (κ2) is 5.39. The van der Waals surface area contributed by atoms with E-state index in [0.717, 1.165) is 12.0 Å². The third-order valence-electron chi connectivity index (χ3n) is 5.36. The van der Waals surface area contributed by atoms with Crippen molar-refractivity contribution in [2.24, 2.45) is 0 Å². The quantitative estimate of drug-likeness (QED) is 0.800. The molecule has 4 heterocycles. The summed E-state index contributed by atoms with van der Waals surface area (Å²) in [4.78, 5) is 10.5. The van der Waals surface area contributed by atoms with E-state index in [0.29, 0.717) is 34.8 Å². The molecule has 4 nitrogen and oxygen atoms in total. The topological polar surface area (TPSA) is 52.8 Å². The number of nitrogens with zero attached hydrogens (tertiary/aromatic N) is 4. The maximum atomic E-state index is 14.2. The molecule has 5 heteroatoms. The van der Waals surface area contributed by atoms with E-state index in [1.54, 1.807) is 18.3 Å². The lowest BCUT2D eigenvalue weighted by atomic mass is 9.84. The largest absolute Gasteiger partial charge is 0.300 e. The van der Waals surface area contributed by atoms with E-state index in [4.69, 9.17) is 5.26 Å². The van der Waals surface area contributed by atoms with Gasteiger partial charge in [0.15, 0.2) is 0 Å². The zero-order valence-corrected chi connectivity index (χ0v) is 12.9. The van der Waals surface area contributed by atoms with Gasteiger partial charge in [0.25, 0.3) is 0 Å². The van der Waals surface area contributed by atoms with Crippen molar-refractivity contribution < 1.29 is 4.39 Å². The lowest BCUT2D eigenvalue weighted by molar-refractivity contribution is 0.307. The highest BCUT2D eigenvalue weighted by molar-refractivity contribution is 5.63. The molecule has 116 valence electrons. The fourth-order valence-corrected chi connectivity index (χ4v) is 4.11. The molecule has 2 aliphatic rings. The van der Waals surface area contributed by atoms with Crippen LogP contribution in [-0.2, 0) is 0 Å². The minimum absolute atomic E-state index is 0.327. The van der Waals surface area contributed by atoms with Crippen LogP contribution in [0.5, 0.6) is 0 Å². The molecular weight excluding hydrogens is 291 g/mol.